The summed E-state index contributed by atoms with van der Waals surface area (Å²) in [6, 6.07) is 5.16. The summed E-state index contributed by atoms with van der Waals surface area (Å²) in [5.41, 5.74) is 6.65. The maximum atomic E-state index is 12.2. The van der Waals surface area contributed by atoms with Crippen LogP contribution < -0.4 is 11.1 Å². The van der Waals surface area contributed by atoms with Crippen LogP contribution in [0.25, 0.3) is 0 Å². The van der Waals surface area contributed by atoms with Gasteiger partial charge < -0.3 is 15.8 Å². The van der Waals surface area contributed by atoms with Gasteiger partial charge in [0.15, 0.2) is 0 Å². The Hall–Kier alpha value is -1.54. The maximum Gasteiger partial charge on any atom is 0.253 e. The van der Waals surface area contributed by atoms with Gasteiger partial charge in [0.25, 0.3) is 5.91 Å². The number of nitrogens with two attached hydrogens (primary N) is 1. The van der Waals surface area contributed by atoms with Crippen LogP contribution in [-0.2, 0) is 9.53 Å². The van der Waals surface area contributed by atoms with E-state index in [0.717, 1.165) is 6.42 Å². The lowest BCUT2D eigenvalue weighted by atomic mass is 10.0. The van der Waals surface area contributed by atoms with Crippen LogP contribution in [0.15, 0.2) is 18.2 Å². The minimum absolute atomic E-state index is 0.145. The number of halogens is 1. The Bertz CT molecular complexity index is 563. The molecular weight excluding hydrogens is 276 g/mol. The van der Waals surface area contributed by atoms with E-state index in [1.807, 2.05) is 6.92 Å². The topological polar surface area (TPSA) is 64.3 Å². The van der Waals surface area contributed by atoms with Gasteiger partial charge in [-0.2, -0.15) is 0 Å². The molecule has 2 rings (SSSR count). The molecule has 5 heteroatoms. The molecule has 1 fully saturated rings. The highest BCUT2D eigenvalue weighted by atomic mass is 35.5. The molecule has 1 aliphatic heterocycles. The number of amides is 1. The predicted molar refractivity (Wildman–Crippen MR) is 79.5 cm³/mol. The molecular formula is C15H17ClN2O2. The predicted octanol–water partition coefficient (Wildman–Crippen LogP) is 2.01. The Balaban J connectivity index is 2.18. The van der Waals surface area contributed by atoms with Crippen molar-refractivity contribution in [2.45, 2.75) is 19.4 Å². The van der Waals surface area contributed by atoms with E-state index in [1.54, 1.807) is 18.2 Å². The Morgan fingerprint density at radius 1 is 1.60 bits per heavy atom. The van der Waals surface area contributed by atoms with Crippen molar-refractivity contribution in [2.24, 2.45) is 11.7 Å². The van der Waals surface area contributed by atoms with E-state index in [2.05, 4.69) is 17.2 Å². The van der Waals surface area contributed by atoms with Crippen LogP contribution in [0.1, 0.15) is 18.9 Å². The third kappa shape index (κ3) is 3.51. The summed E-state index contributed by atoms with van der Waals surface area (Å²) < 4.78 is 5.45. The second kappa shape index (κ2) is 6.76. The Labute approximate surface area is 123 Å². The fraction of sp³-hybridized carbons (Fsp3) is 0.400. The van der Waals surface area contributed by atoms with Crippen molar-refractivity contribution in [3.63, 3.8) is 0 Å². The fourth-order valence-corrected chi connectivity index (χ4v) is 2.28. The van der Waals surface area contributed by atoms with Gasteiger partial charge in [-0.15, -0.1) is 0 Å². The fourth-order valence-electron chi connectivity index (χ4n) is 2.11. The third-order valence-corrected chi connectivity index (χ3v) is 3.45. The quantitative estimate of drug-likeness (QED) is 0.820. The zero-order valence-corrected chi connectivity index (χ0v) is 12.0. The van der Waals surface area contributed by atoms with E-state index < -0.39 is 6.10 Å². The first kappa shape index (κ1) is 14.9. The van der Waals surface area contributed by atoms with Crippen LogP contribution >= 0.6 is 11.6 Å². The van der Waals surface area contributed by atoms with Gasteiger partial charge in [-0.05, 0) is 30.5 Å². The van der Waals surface area contributed by atoms with Crippen molar-refractivity contribution in [1.29, 1.82) is 0 Å². The molecule has 1 saturated heterocycles. The summed E-state index contributed by atoms with van der Waals surface area (Å²) in [6.45, 7) is 2.89. The van der Waals surface area contributed by atoms with E-state index in [0.29, 0.717) is 22.9 Å². The number of hydrogen-bond donors (Lipinski definition) is 2. The van der Waals surface area contributed by atoms with E-state index in [1.165, 1.54) is 0 Å². The molecule has 1 aromatic carbocycles. The molecule has 2 atom stereocenters. The van der Waals surface area contributed by atoms with E-state index in [9.17, 15) is 4.79 Å². The lowest BCUT2D eigenvalue weighted by molar-refractivity contribution is -0.126. The smallest absolute Gasteiger partial charge is 0.253 e. The summed E-state index contributed by atoms with van der Waals surface area (Å²) in [5.74, 6) is 5.74. The van der Waals surface area contributed by atoms with Crippen LogP contribution in [0.4, 0.5) is 5.69 Å². The first-order valence-corrected chi connectivity index (χ1v) is 6.90. The summed E-state index contributed by atoms with van der Waals surface area (Å²) in [6.07, 6.45) is 0.499. The molecule has 4 nitrogen and oxygen atoms in total. The van der Waals surface area contributed by atoms with E-state index in [4.69, 9.17) is 22.1 Å². The van der Waals surface area contributed by atoms with Crippen LogP contribution in [-0.4, -0.2) is 25.2 Å². The van der Waals surface area contributed by atoms with Crippen LogP contribution in [0.5, 0.6) is 0 Å². The third-order valence-electron chi connectivity index (χ3n) is 3.21. The number of rotatable bonds is 2. The van der Waals surface area contributed by atoms with Crippen molar-refractivity contribution >= 4 is 23.2 Å². The molecule has 2 unspecified atom stereocenters. The number of benzene rings is 1. The van der Waals surface area contributed by atoms with Gasteiger partial charge in [-0.3, -0.25) is 4.79 Å². The molecule has 1 amide bonds. The zero-order chi connectivity index (χ0) is 14.5. The Kier molecular flexibility index (Phi) is 5.02. The molecule has 106 valence electrons. The normalized spacial score (nSPS) is 21.1. The minimum atomic E-state index is -0.402. The average Bonchev–Trinajstić information content (AvgIpc) is 2.85. The maximum absolute atomic E-state index is 12.2. The highest BCUT2D eigenvalue weighted by molar-refractivity contribution is 6.30. The molecule has 0 bridgehead atoms. The average molecular weight is 293 g/mol. The number of anilines is 1. The summed E-state index contributed by atoms with van der Waals surface area (Å²) in [7, 11) is 0. The highest BCUT2D eigenvalue weighted by Gasteiger charge is 2.31. The molecule has 0 saturated carbocycles. The summed E-state index contributed by atoms with van der Waals surface area (Å²) >= 11 is 5.95. The molecule has 1 aromatic rings. The molecule has 0 aliphatic carbocycles. The van der Waals surface area contributed by atoms with E-state index in [-0.39, 0.29) is 18.4 Å². The van der Waals surface area contributed by atoms with Gasteiger partial charge in [0.1, 0.15) is 6.10 Å². The van der Waals surface area contributed by atoms with Crippen LogP contribution in [0.2, 0.25) is 5.02 Å². The van der Waals surface area contributed by atoms with Crippen molar-refractivity contribution in [2.75, 3.05) is 18.5 Å². The SMILES string of the molecule is CC1CCOC1C(=O)Nc1ccc(Cl)cc1C#CCN. The van der Waals surface area contributed by atoms with E-state index >= 15 is 0 Å². The molecule has 1 aliphatic rings. The van der Waals surface area contributed by atoms with Gasteiger partial charge in [-0.1, -0.05) is 30.4 Å². The summed E-state index contributed by atoms with van der Waals surface area (Å²) in [4.78, 5) is 12.2. The molecule has 0 radical (unpaired) electrons. The van der Waals surface area contributed by atoms with Crippen LogP contribution in [0.3, 0.4) is 0 Å². The monoisotopic (exact) mass is 292 g/mol. The molecule has 0 aromatic heterocycles. The van der Waals surface area contributed by atoms with Crippen molar-refractivity contribution in [3.8, 4) is 11.8 Å². The van der Waals surface area contributed by atoms with Gasteiger partial charge in [0.2, 0.25) is 0 Å². The first-order chi connectivity index (χ1) is 9.61. The Morgan fingerprint density at radius 2 is 2.40 bits per heavy atom. The standard InChI is InChI=1S/C15H17ClN2O2/c1-10-6-8-20-14(10)15(19)18-13-5-4-12(16)9-11(13)3-2-7-17/h4-5,9-10,14H,6-8,17H2,1H3,(H,18,19). The van der Waals surface area contributed by atoms with Gasteiger partial charge in [-0.25, -0.2) is 0 Å². The zero-order valence-electron chi connectivity index (χ0n) is 11.3. The highest BCUT2D eigenvalue weighted by Crippen LogP contribution is 2.24. The Morgan fingerprint density at radius 3 is 3.05 bits per heavy atom. The lowest BCUT2D eigenvalue weighted by Crippen LogP contribution is -2.31. The minimum Gasteiger partial charge on any atom is -0.368 e. The largest absolute Gasteiger partial charge is 0.368 e. The first-order valence-electron chi connectivity index (χ1n) is 6.52. The molecule has 20 heavy (non-hydrogen) atoms. The second-order valence-corrected chi connectivity index (χ2v) is 5.18. The van der Waals surface area contributed by atoms with Crippen molar-refractivity contribution in [1.82, 2.24) is 0 Å². The molecule has 3 N–H and O–H groups in total. The van der Waals surface area contributed by atoms with Crippen molar-refractivity contribution < 1.29 is 9.53 Å². The lowest BCUT2D eigenvalue weighted by Gasteiger charge is -2.15. The number of carbonyl (C=O) groups excluding carboxylic acids is 1. The molecule has 1 heterocycles. The second-order valence-electron chi connectivity index (χ2n) is 4.74. The van der Waals surface area contributed by atoms with Crippen molar-refractivity contribution in [3.05, 3.63) is 28.8 Å². The molecule has 0 spiro atoms. The number of carbonyl (C=O) groups is 1. The van der Waals surface area contributed by atoms with Gasteiger partial charge in [0.05, 0.1) is 12.2 Å². The van der Waals surface area contributed by atoms with Crippen LogP contribution in [0, 0.1) is 17.8 Å². The number of nitrogens with one attached hydrogen (secondary N) is 1. The number of hydrogen-bond acceptors (Lipinski definition) is 3. The van der Waals surface area contributed by atoms with Gasteiger partial charge >= 0.3 is 0 Å². The summed E-state index contributed by atoms with van der Waals surface area (Å²) in [5, 5.41) is 3.42. The van der Waals surface area contributed by atoms with Gasteiger partial charge in [0, 0.05) is 17.2 Å². The number of ether oxygens (including phenoxy) is 1.